The molecule has 2 aliphatic rings. The molecule has 1 saturated heterocycles. The van der Waals surface area contributed by atoms with Crippen LogP contribution in [-0.4, -0.2) is 40.8 Å². The van der Waals surface area contributed by atoms with Crippen molar-refractivity contribution in [3.8, 4) is 11.1 Å². The molecular formula is C23H25NO4. The van der Waals surface area contributed by atoms with E-state index in [0.717, 1.165) is 11.1 Å². The maximum atomic E-state index is 12.9. The molecule has 0 bridgehead atoms. The Balaban J connectivity index is 1.55. The predicted molar refractivity (Wildman–Crippen MR) is 106 cm³/mol. The summed E-state index contributed by atoms with van der Waals surface area (Å²) >= 11 is 0. The highest BCUT2D eigenvalue weighted by atomic mass is 16.6. The van der Waals surface area contributed by atoms with Crippen molar-refractivity contribution in [3.63, 3.8) is 0 Å². The fourth-order valence-corrected chi connectivity index (χ4v) is 4.82. The number of carbonyl (C=O) groups is 2. The van der Waals surface area contributed by atoms with Crippen molar-refractivity contribution in [2.24, 2.45) is 0 Å². The summed E-state index contributed by atoms with van der Waals surface area (Å²) in [6, 6.07) is 16.3. The van der Waals surface area contributed by atoms with Crippen molar-refractivity contribution in [3.05, 3.63) is 59.7 Å². The van der Waals surface area contributed by atoms with E-state index < -0.39 is 17.6 Å². The van der Waals surface area contributed by atoms with Crippen molar-refractivity contribution in [2.75, 3.05) is 13.2 Å². The summed E-state index contributed by atoms with van der Waals surface area (Å²) < 4.78 is 5.70. The average molecular weight is 379 g/mol. The summed E-state index contributed by atoms with van der Waals surface area (Å²) in [5.41, 5.74) is 3.52. The van der Waals surface area contributed by atoms with Gasteiger partial charge in [-0.2, -0.15) is 0 Å². The molecule has 0 saturated carbocycles. The highest BCUT2D eigenvalue weighted by Crippen LogP contribution is 2.44. The van der Waals surface area contributed by atoms with Crippen LogP contribution in [0.25, 0.3) is 11.1 Å². The lowest BCUT2D eigenvalue weighted by molar-refractivity contribution is -0.149. The van der Waals surface area contributed by atoms with Crippen LogP contribution in [0.15, 0.2) is 48.5 Å². The van der Waals surface area contributed by atoms with Crippen LogP contribution in [-0.2, 0) is 9.53 Å². The molecule has 1 N–H and O–H groups in total. The molecule has 28 heavy (non-hydrogen) atoms. The number of fused-ring (bicyclic) bond motifs is 3. The minimum absolute atomic E-state index is 0.0237. The monoisotopic (exact) mass is 379 g/mol. The average Bonchev–Trinajstić information content (AvgIpc) is 3.27. The van der Waals surface area contributed by atoms with Gasteiger partial charge in [0.05, 0.1) is 0 Å². The Bertz CT molecular complexity index is 863. The number of carboxylic acid groups (broad SMARTS) is 1. The lowest BCUT2D eigenvalue weighted by Gasteiger charge is -2.34. The summed E-state index contributed by atoms with van der Waals surface area (Å²) in [4.78, 5) is 26.3. The topological polar surface area (TPSA) is 66.8 Å². The van der Waals surface area contributed by atoms with Crippen molar-refractivity contribution in [2.45, 2.75) is 44.1 Å². The number of carboxylic acids is 1. The van der Waals surface area contributed by atoms with Gasteiger partial charge in [0.25, 0.3) is 0 Å². The van der Waals surface area contributed by atoms with E-state index in [-0.39, 0.29) is 12.5 Å². The van der Waals surface area contributed by atoms with Gasteiger partial charge in [0.2, 0.25) is 0 Å². The molecule has 1 atom stereocenters. The van der Waals surface area contributed by atoms with Crippen LogP contribution in [0.1, 0.15) is 49.7 Å². The normalized spacial score (nSPS) is 20.7. The van der Waals surface area contributed by atoms with Crippen LogP contribution in [0.2, 0.25) is 0 Å². The van der Waals surface area contributed by atoms with Crippen LogP contribution in [0.4, 0.5) is 4.79 Å². The second kappa shape index (κ2) is 7.30. The van der Waals surface area contributed by atoms with Crippen LogP contribution < -0.4 is 0 Å². The van der Waals surface area contributed by atoms with Crippen LogP contribution in [0, 0.1) is 0 Å². The maximum Gasteiger partial charge on any atom is 0.410 e. The van der Waals surface area contributed by atoms with Crippen LogP contribution >= 0.6 is 0 Å². The Morgan fingerprint density at radius 2 is 1.71 bits per heavy atom. The van der Waals surface area contributed by atoms with Gasteiger partial charge in [-0.3, -0.25) is 4.90 Å². The van der Waals surface area contributed by atoms with Gasteiger partial charge in [-0.15, -0.1) is 0 Å². The van der Waals surface area contributed by atoms with Gasteiger partial charge >= 0.3 is 12.1 Å². The highest BCUT2D eigenvalue weighted by molar-refractivity contribution is 5.85. The van der Waals surface area contributed by atoms with Gasteiger partial charge in [0.1, 0.15) is 12.1 Å². The van der Waals surface area contributed by atoms with E-state index >= 15 is 0 Å². The van der Waals surface area contributed by atoms with Gasteiger partial charge in [0, 0.05) is 12.5 Å². The van der Waals surface area contributed by atoms with E-state index in [4.69, 9.17) is 4.74 Å². The molecule has 0 aromatic heterocycles. The number of rotatable bonds is 5. The first-order valence-electron chi connectivity index (χ1n) is 9.94. The smallest absolute Gasteiger partial charge is 0.410 e. The third kappa shape index (κ3) is 2.86. The number of hydrogen-bond acceptors (Lipinski definition) is 3. The molecule has 1 fully saturated rings. The van der Waals surface area contributed by atoms with Gasteiger partial charge in [0.15, 0.2) is 0 Å². The first kappa shape index (κ1) is 18.5. The van der Waals surface area contributed by atoms with E-state index in [0.29, 0.717) is 32.2 Å². The van der Waals surface area contributed by atoms with Crippen LogP contribution in [0.5, 0.6) is 0 Å². The molecule has 1 amide bonds. The van der Waals surface area contributed by atoms with Crippen molar-refractivity contribution >= 4 is 12.1 Å². The fraction of sp³-hybridized carbons (Fsp3) is 0.391. The summed E-state index contributed by atoms with van der Waals surface area (Å²) in [6.07, 6.45) is 1.82. The summed E-state index contributed by atoms with van der Waals surface area (Å²) in [5, 5.41) is 9.80. The molecule has 0 unspecified atom stereocenters. The molecule has 0 spiro atoms. The summed E-state index contributed by atoms with van der Waals surface area (Å²) in [7, 11) is 0. The minimum atomic E-state index is -1.13. The van der Waals surface area contributed by atoms with Crippen molar-refractivity contribution < 1.29 is 19.4 Å². The molecular weight excluding hydrogens is 354 g/mol. The largest absolute Gasteiger partial charge is 0.479 e. The SMILES string of the molecule is CCC[C@@]1(C(=O)O)CCCN1C(=O)OCC1c2ccccc2-c2ccccc21. The zero-order chi connectivity index (χ0) is 19.7. The third-order valence-electron chi connectivity index (χ3n) is 6.11. The molecule has 146 valence electrons. The van der Waals surface area contributed by atoms with E-state index in [1.165, 1.54) is 16.0 Å². The fourth-order valence-electron chi connectivity index (χ4n) is 4.82. The molecule has 2 aromatic rings. The number of carbonyl (C=O) groups excluding carboxylic acids is 1. The van der Waals surface area contributed by atoms with Crippen LogP contribution in [0.3, 0.4) is 0 Å². The third-order valence-corrected chi connectivity index (χ3v) is 6.11. The Hall–Kier alpha value is -2.82. The standard InChI is InChI=1S/C23H25NO4/c1-2-12-23(21(25)26)13-7-14-24(23)22(27)28-15-20-18-10-5-3-8-16(18)17-9-4-6-11-19(17)20/h3-6,8-11,20H,2,7,12-15H2,1H3,(H,25,26)/t23-/m0/s1. The Morgan fingerprint density at radius 1 is 1.11 bits per heavy atom. The minimum Gasteiger partial charge on any atom is -0.479 e. The molecule has 2 aromatic carbocycles. The van der Waals surface area contributed by atoms with Gasteiger partial charge < -0.3 is 9.84 Å². The molecule has 1 aliphatic heterocycles. The number of nitrogens with zero attached hydrogens (tertiary/aromatic N) is 1. The number of likely N-dealkylation sites (tertiary alicyclic amines) is 1. The predicted octanol–water partition coefficient (Wildman–Crippen LogP) is 4.65. The Labute approximate surface area is 164 Å². The lowest BCUT2D eigenvalue weighted by atomic mass is 9.91. The summed E-state index contributed by atoms with van der Waals surface area (Å²) in [5.74, 6) is -0.954. The summed E-state index contributed by atoms with van der Waals surface area (Å²) in [6.45, 7) is 2.59. The highest BCUT2D eigenvalue weighted by Gasteiger charge is 2.50. The second-order valence-corrected chi connectivity index (χ2v) is 7.65. The molecule has 5 nitrogen and oxygen atoms in total. The van der Waals surface area contributed by atoms with Crippen molar-refractivity contribution in [1.82, 2.24) is 4.90 Å². The first-order chi connectivity index (χ1) is 13.6. The Morgan fingerprint density at radius 3 is 2.29 bits per heavy atom. The van der Waals surface area contributed by atoms with Gasteiger partial charge in [-0.25, -0.2) is 9.59 Å². The van der Waals surface area contributed by atoms with Gasteiger partial charge in [-0.05, 0) is 41.5 Å². The van der Waals surface area contributed by atoms with E-state index in [2.05, 4.69) is 24.3 Å². The van der Waals surface area contributed by atoms with E-state index in [9.17, 15) is 14.7 Å². The van der Waals surface area contributed by atoms with E-state index in [1.807, 2.05) is 31.2 Å². The molecule has 1 heterocycles. The van der Waals surface area contributed by atoms with E-state index in [1.54, 1.807) is 0 Å². The molecule has 1 aliphatic carbocycles. The van der Waals surface area contributed by atoms with Crippen molar-refractivity contribution in [1.29, 1.82) is 0 Å². The number of aliphatic carboxylic acids is 1. The number of benzene rings is 2. The lowest BCUT2D eigenvalue weighted by Crippen LogP contribution is -2.53. The second-order valence-electron chi connectivity index (χ2n) is 7.65. The Kier molecular flexibility index (Phi) is 4.84. The van der Waals surface area contributed by atoms with Gasteiger partial charge in [-0.1, -0.05) is 61.9 Å². The molecule has 0 radical (unpaired) electrons. The number of hydrogen-bond donors (Lipinski definition) is 1. The zero-order valence-electron chi connectivity index (χ0n) is 16.1. The number of amides is 1. The molecule has 4 rings (SSSR count). The maximum absolute atomic E-state index is 12.9. The number of ether oxygens (including phenoxy) is 1. The zero-order valence-corrected chi connectivity index (χ0v) is 16.1. The molecule has 5 heteroatoms. The quantitative estimate of drug-likeness (QED) is 0.821. The first-order valence-corrected chi connectivity index (χ1v) is 9.94.